The molecule has 1 fully saturated rings. The minimum atomic E-state index is -1.09. The Hall–Kier alpha value is -3.46. The first-order chi connectivity index (χ1) is 13.3. The summed E-state index contributed by atoms with van der Waals surface area (Å²) in [5.74, 6) is 0.609. The maximum Gasteiger partial charge on any atom is 0.413 e. The number of carboxylic acid groups (broad SMARTS) is 1. The van der Waals surface area contributed by atoms with Gasteiger partial charge in [-0.3, -0.25) is 9.88 Å². The molecular formula is C19H20N6O3. The zero-order valence-electron chi connectivity index (χ0n) is 15.5. The van der Waals surface area contributed by atoms with Crippen LogP contribution in [-0.4, -0.2) is 44.9 Å². The standard InChI is InChI=1S/C19H20N6O3/c1-10-12(5-22-7-14(10)20)15-3-11-4-16(23-6-13(11)17(21)24-15)25(18(26)27)19(2)8-28-9-19/h3-7H,8-9,20H2,1-2H3,(H2,21,24)(H,26,27). The van der Waals surface area contributed by atoms with Crippen molar-refractivity contribution in [1.82, 2.24) is 15.0 Å². The van der Waals surface area contributed by atoms with Gasteiger partial charge in [-0.1, -0.05) is 0 Å². The Kier molecular flexibility index (Phi) is 4.04. The van der Waals surface area contributed by atoms with Crippen molar-refractivity contribution in [2.45, 2.75) is 19.4 Å². The number of ether oxygens (including phenoxy) is 1. The number of carbonyl (C=O) groups is 1. The molecular weight excluding hydrogens is 360 g/mol. The Morgan fingerprint density at radius 2 is 2.00 bits per heavy atom. The molecule has 0 spiro atoms. The summed E-state index contributed by atoms with van der Waals surface area (Å²) in [4.78, 5) is 26.0. The van der Waals surface area contributed by atoms with E-state index in [0.29, 0.717) is 41.6 Å². The molecule has 0 aliphatic carbocycles. The van der Waals surface area contributed by atoms with Crippen LogP contribution in [0.15, 0.2) is 30.7 Å². The number of nitrogen functional groups attached to an aromatic ring is 2. The van der Waals surface area contributed by atoms with Crippen molar-refractivity contribution in [2.75, 3.05) is 29.6 Å². The molecule has 1 amide bonds. The van der Waals surface area contributed by atoms with E-state index in [1.54, 1.807) is 24.7 Å². The molecule has 9 nitrogen and oxygen atoms in total. The molecule has 3 aromatic rings. The number of hydrogen-bond donors (Lipinski definition) is 3. The molecule has 4 heterocycles. The molecule has 1 saturated heterocycles. The first-order valence-electron chi connectivity index (χ1n) is 8.68. The van der Waals surface area contributed by atoms with Crippen molar-refractivity contribution < 1.29 is 14.6 Å². The summed E-state index contributed by atoms with van der Waals surface area (Å²) in [5.41, 5.74) is 14.2. The van der Waals surface area contributed by atoms with E-state index >= 15 is 0 Å². The minimum Gasteiger partial charge on any atom is -0.465 e. The molecule has 1 aliphatic heterocycles. The maximum atomic E-state index is 11.9. The van der Waals surface area contributed by atoms with E-state index < -0.39 is 11.6 Å². The zero-order chi connectivity index (χ0) is 20.1. The lowest BCUT2D eigenvalue weighted by Gasteiger charge is -2.44. The smallest absolute Gasteiger partial charge is 0.413 e. The first kappa shape index (κ1) is 17.9. The van der Waals surface area contributed by atoms with E-state index in [1.165, 1.54) is 4.90 Å². The molecule has 4 rings (SSSR count). The average Bonchev–Trinajstić information content (AvgIpc) is 2.62. The van der Waals surface area contributed by atoms with Crippen LogP contribution in [-0.2, 0) is 4.74 Å². The summed E-state index contributed by atoms with van der Waals surface area (Å²) >= 11 is 0. The van der Waals surface area contributed by atoms with Gasteiger partial charge in [0, 0.05) is 23.3 Å². The predicted molar refractivity (Wildman–Crippen MR) is 106 cm³/mol. The summed E-state index contributed by atoms with van der Waals surface area (Å²) < 4.78 is 5.22. The Morgan fingerprint density at radius 3 is 2.64 bits per heavy atom. The largest absolute Gasteiger partial charge is 0.465 e. The number of aromatic nitrogens is 3. The number of amides is 1. The van der Waals surface area contributed by atoms with Crippen molar-refractivity contribution in [3.63, 3.8) is 0 Å². The van der Waals surface area contributed by atoms with Crippen molar-refractivity contribution in [1.29, 1.82) is 0 Å². The molecule has 0 atom stereocenters. The van der Waals surface area contributed by atoms with Crippen molar-refractivity contribution in [3.8, 4) is 11.3 Å². The van der Waals surface area contributed by atoms with Crippen LogP contribution in [0.4, 0.5) is 22.1 Å². The van der Waals surface area contributed by atoms with Gasteiger partial charge in [0.1, 0.15) is 11.6 Å². The monoisotopic (exact) mass is 380 g/mol. The Morgan fingerprint density at radius 1 is 1.25 bits per heavy atom. The molecule has 0 unspecified atom stereocenters. The molecule has 0 radical (unpaired) electrons. The summed E-state index contributed by atoms with van der Waals surface area (Å²) in [5, 5.41) is 11.1. The lowest BCUT2D eigenvalue weighted by atomic mass is 9.98. The number of nitrogens with zero attached hydrogens (tertiary/aromatic N) is 4. The SMILES string of the molecule is Cc1c(N)cncc1-c1cc2cc(N(C(=O)O)C3(C)COC3)ncc2c(N)n1. The van der Waals surface area contributed by atoms with Crippen LogP contribution >= 0.6 is 0 Å². The molecule has 28 heavy (non-hydrogen) atoms. The number of fused-ring (bicyclic) bond motifs is 1. The Balaban J connectivity index is 1.87. The molecule has 0 saturated carbocycles. The Bertz CT molecular complexity index is 1100. The van der Waals surface area contributed by atoms with Gasteiger partial charge in [0.15, 0.2) is 0 Å². The number of nitrogens with two attached hydrogens (primary N) is 2. The van der Waals surface area contributed by atoms with Crippen LogP contribution in [0.25, 0.3) is 22.0 Å². The fraction of sp³-hybridized carbons (Fsp3) is 0.263. The lowest BCUT2D eigenvalue weighted by Crippen LogP contribution is -2.62. The summed E-state index contributed by atoms with van der Waals surface area (Å²) in [7, 11) is 0. The quantitative estimate of drug-likeness (QED) is 0.629. The zero-order valence-corrected chi connectivity index (χ0v) is 15.5. The van der Waals surface area contributed by atoms with E-state index in [9.17, 15) is 9.90 Å². The van der Waals surface area contributed by atoms with Gasteiger partial charge < -0.3 is 21.3 Å². The van der Waals surface area contributed by atoms with Gasteiger partial charge in [0.05, 0.1) is 36.3 Å². The average molecular weight is 380 g/mol. The van der Waals surface area contributed by atoms with E-state index in [1.807, 2.05) is 19.9 Å². The first-order valence-corrected chi connectivity index (χ1v) is 8.68. The highest BCUT2D eigenvalue weighted by atomic mass is 16.5. The van der Waals surface area contributed by atoms with Crippen molar-refractivity contribution >= 4 is 34.2 Å². The molecule has 5 N–H and O–H groups in total. The van der Waals surface area contributed by atoms with Crippen molar-refractivity contribution in [3.05, 3.63) is 36.3 Å². The second kappa shape index (κ2) is 6.31. The van der Waals surface area contributed by atoms with Gasteiger partial charge in [-0.25, -0.2) is 14.8 Å². The number of hydrogen-bond acceptors (Lipinski definition) is 7. The van der Waals surface area contributed by atoms with Crippen LogP contribution in [0.2, 0.25) is 0 Å². The topological polar surface area (TPSA) is 140 Å². The van der Waals surface area contributed by atoms with Gasteiger partial charge in [-0.2, -0.15) is 0 Å². The van der Waals surface area contributed by atoms with Crippen LogP contribution in [0, 0.1) is 6.92 Å². The van der Waals surface area contributed by atoms with Crippen LogP contribution < -0.4 is 16.4 Å². The minimum absolute atomic E-state index is 0.299. The van der Waals surface area contributed by atoms with Gasteiger partial charge in [-0.15, -0.1) is 0 Å². The fourth-order valence-electron chi connectivity index (χ4n) is 3.35. The molecule has 3 aromatic heterocycles. The molecule has 0 bridgehead atoms. The summed E-state index contributed by atoms with van der Waals surface area (Å²) in [6.07, 6.45) is 3.71. The van der Waals surface area contributed by atoms with Gasteiger partial charge in [0.25, 0.3) is 0 Å². The van der Waals surface area contributed by atoms with E-state index in [0.717, 1.165) is 16.5 Å². The second-order valence-electron chi connectivity index (χ2n) is 7.17. The highest BCUT2D eigenvalue weighted by Gasteiger charge is 2.44. The summed E-state index contributed by atoms with van der Waals surface area (Å²) in [6.45, 7) is 4.34. The number of rotatable bonds is 3. The highest BCUT2D eigenvalue weighted by molar-refractivity contribution is 5.97. The lowest BCUT2D eigenvalue weighted by molar-refractivity contribution is -0.0459. The third-order valence-corrected chi connectivity index (χ3v) is 5.05. The van der Waals surface area contributed by atoms with Crippen LogP contribution in [0.3, 0.4) is 0 Å². The Labute approximate surface area is 161 Å². The predicted octanol–water partition coefficient (Wildman–Crippen LogP) is 2.44. The maximum absolute atomic E-state index is 11.9. The third kappa shape index (κ3) is 2.76. The van der Waals surface area contributed by atoms with Crippen molar-refractivity contribution in [2.24, 2.45) is 0 Å². The molecule has 144 valence electrons. The van der Waals surface area contributed by atoms with Crippen LogP contribution in [0.1, 0.15) is 12.5 Å². The van der Waals surface area contributed by atoms with Crippen LogP contribution in [0.5, 0.6) is 0 Å². The van der Waals surface area contributed by atoms with E-state index in [-0.39, 0.29) is 0 Å². The number of anilines is 3. The molecule has 9 heteroatoms. The van der Waals surface area contributed by atoms with E-state index in [2.05, 4.69) is 15.0 Å². The number of pyridine rings is 3. The summed E-state index contributed by atoms with van der Waals surface area (Å²) in [6, 6.07) is 3.53. The molecule has 0 aromatic carbocycles. The van der Waals surface area contributed by atoms with Gasteiger partial charge in [0.2, 0.25) is 0 Å². The van der Waals surface area contributed by atoms with Gasteiger partial charge in [-0.05, 0) is 36.9 Å². The third-order valence-electron chi connectivity index (χ3n) is 5.05. The van der Waals surface area contributed by atoms with Gasteiger partial charge >= 0.3 is 6.09 Å². The highest BCUT2D eigenvalue weighted by Crippen LogP contribution is 2.34. The molecule has 1 aliphatic rings. The normalized spacial score (nSPS) is 15.2. The second-order valence-corrected chi connectivity index (χ2v) is 7.17. The van der Waals surface area contributed by atoms with E-state index in [4.69, 9.17) is 16.2 Å². The fourth-order valence-corrected chi connectivity index (χ4v) is 3.35.